The number of hydrogen-bond donors (Lipinski definition) is 0. The van der Waals surface area contributed by atoms with E-state index >= 15 is 0 Å². The Morgan fingerprint density at radius 1 is 1.12 bits per heavy atom. The van der Waals surface area contributed by atoms with Gasteiger partial charge in [0.2, 0.25) is 0 Å². The van der Waals surface area contributed by atoms with Gasteiger partial charge in [0, 0.05) is 11.5 Å². The van der Waals surface area contributed by atoms with E-state index in [2.05, 4.69) is 19.1 Å². The molecule has 0 bridgehead atoms. The van der Waals surface area contributed by atoms with E-state index in [4.69, 9.17) is 9.47 Å². The first kappa shape index (κ1) is 17.3. The van der Waals surface area contributed by atoms with Crippen LogP contribution in [0.1, 0.15) is 35.1 Å². The van der Waals surface area contributed by atoms with Crippen LogP contribution in [0.2, 0.25) is 0 Å². The number of ether oxygens (including phenoxy) is 2. The van der Waals surface area contributed by atoms with Gasteiger partial charge in [0.1, 0.15) is 18.1 Å². The largest absolute Gasteiger partial charge is 0.496 e. The molecule has 3 rings (SSSR count). The number of aryl methyl sites for hydroxylation is 2. The standard InChI is InChI=1S/C22H24O3/c1-15-4-5-16(2)22(12-15)25-14-19-13-17(7-11-21(19)24-3)6-10-20(23)18-8-9-18/h4-7,10-13,18H,8-9,14H2,1-3H3/b10-6+. The van der Waals surface area contributed by atoms with Gasteiger partial charge in [-0.05, 0) is 67.7 Å². The van der Waals surface area contributed by atoms with Crippen LogP contribution in [0.4, 0.5) is 0 Å². The summed E-state index contributed by atoms with van der Waals surface area (Å²) in [7, 11) is 1.66. The van der Waals surface area contributed by atoms with Crippen LogP contribution in [0.5, 0.6) is 11.5 Å². The minimum Gasteiger partial charge on any atom is -0.496 e. The van der Waals surface area contributed by atoms with Gasteiger partial charge in [-0.1, -0.05) is 24.3 Å². The van der Waals surface area contributed by atoms with Gasteiger partial charge in [-0.2, -0.15) is 0 Å². The minimum atomic E-state index is 0.226. The van der Waals surface area contributed by atoms with E-state index in [0.717, 1.165) is 41.0 Å². The molecule has 25 heavy (non-hydrogen) atoms. The van der Waals surface area contributed by atoms with Gasteiger partial charge in [0.25, 0.3) is 0 Å². The summed E-state index contributed by atoms with van der Waals surface area (Å²) in [4.78, 5) is 11.8. The molecule has 3 heteroatoms. The lowest BCUT2D eigenvalue weighted by atomic mass is 10.1. The number of ketones is 1. The monoisotopic (exact) mass is 336 g/mol. The van der Waals surface area contributed by atoms with Gasteiger partial charge in [-0.3, -0.25) is 4.79 Å². The molecule has 0 radical (unpaired) electrons. The quantitative estimate of drug-likeness (QED) is 0.676. The van der Waals surface area contributed by atoms with Gasteiger partial charge in [-0.25, -0.2) is 0 Å². The third kappa shape index (κ3) is 4.50. The smallest absolute Gasteiger partial charge is 0.158 e. The average Bonchev–Trinajstić information content (AvgIpc) is 3.45. The van der Waals surface area contributed by atoms with Crippen molar-refractivity contribution in [3.05, 3.63) is 64.7 Å². The van der Waals surface area contributed by atoms with Crippen molar-refractivity contribution in [2.45, 2.75) is 33.3 Å². The lowest BCUT2D eigenvalue weighted by molar-refractivity contribution is -0.115. The van der Waals surface area contributed by atoms with E-state index in [9.17, 15) is 4.79 Å². The maximum atomic E-state index is 11.8. The second-order valence-corrected chi connectivity index (χ2v) is 6.64. The molecule has 2 aromatic carbocycles. The van der Waals surface area contributed by atoms with Crippen LogP contribution < -0.4 is 9.47 Å². The van der Waals surface area contributed by atoms with E-state index in [0.29, 0.717) is 6.61 Å². The number of carbonyl (C=O) groups excluding carboxylic acids is 1. The molecular weight excluding hydrogens is 312 g/mol. The first-order valence-corrected chi connectivity index (χ1v) is 8.65. The Hall–Kier alpha value is -2.55. The summed E-state index contributed by atoms with van der Waals surface area (Å²) in [5, 5.41) is 0. The van der Waals surface area contributed by atoms with Crippen LogP contribution in [0.3, 0.4) is 0 Å². The minimum absolute atomic E-state index is 0.226. The molecule has 0 unspecified atom stereocenters. The molecule has 0 spiro atoms. The summed E-state index contributed by atoms with van der Waals surface area (Å²) >= 11 is 0. The van der Waals surface area contributed by atoms with Gasteiger partial charge in [0.15, 0.2) is 5.78 Å². The van der Waals surface area contributed by atoms with E-state index in [1.165, 1.54) is 5.56 Å². The van der Waals surface area contributed by atoms with Crippen LogP contribution in [0, 0.1) is 19.8 Å². The van der Waals surface area contributed by atoms with E-state index < -0.39 is 0 Å². The van der Waals surface area contributed by atoms with Crippen molar-refractivity contribution >= 4 is 11.9 Å². The van der Waals surface area contributed by atoms with Gasteiger partial charge in [-0.15, -0.1) is 0 Å². The van der Waals surface area contributed by atoms with Crippen molar-refractivity contribution in [3.8, 4) is 11.5 Å². The Morgan fingerprint density at radius 3 is 2.64 bits per heavy atom. The van der Waals surface area contributed by atoms with E-state index in [-0.39, 0.29) is 11.7 Å². The Morgan fingerprint density at radius 2 is 1.92 bits per heavy atom. The van der Waals surface area contributed by atoms with Crippen LogP contribution in [0.25, 0.3) is 6.08 Å². The normalized spacial score (nSPS) is 13.9. The maximum absolute atomic E-state index is 11.8. The fraction of sp³-hybridized carbons (Fsp3) is 0.318. The SMILES string of the molecule is COc1ccc(/C=C/C(=O)C2CC2)cc1COc1cc(C)ccc1C. The topological polar surface area (TPSA) is 35.5 Å². The van der Waals surface area contributed by atoms with Gasteiger partial charge >= 0.3 is 0 Å². The molecule has 0 amide bonds. The predicted octanol–water partition coefficient (Wildman–Crippen LogP) is 4.88. The van der Waals surface area contributed by atoms with Gasteiger partial charge in [0.05, 0.1) is 7.11 Å². The summed E-state index contributed by atoms with van der Waals surface area (Å²) < 4.78 is 11.4. The third-order valence-corrected chi connectivity index (χ3v) is 4.45. The van der Waals surface area contributed by atoms with Crippen molar-refractivity contribution in [2.24, 2.45) is 5.92 Å². The molecule has 2 aromatic rings. The van der Waals surface area contributed by atoms with Gasteiger partial charge < -0.3 is 9.47 Å². The zero-order valence-corrected chi connectivity index (χ0v) is 15.0. The molecule has 0 N–H and O–H groups in total. The number of benzene rings is 2. The molecule has 130 valence electrons. The molecule has 3 nitrogen and oxygen atoms in total. The average molecular weight is 336 g/mol. The molecule has 0 atom stereocenters. The first-order valence-electron chi connectivity index (χ1n) is 8.65. The molecule has 0 heterocycles. The highest BCUT2D eigenvalue weighted by atomic mass is 16.5. The van der Waals surface area contributed by atoms with Crippen molar-refractivity contribution in [2.75, 3.05) is 7.11 Å². The zero-order chi connectivity index (χ0) is 17.8. The zero-order valence-electron chi connectivity index (χ0n) is 15.0. The van der Waals surface area contributed by atoms with Crippen molar-refractivity contribution < 1.29 is 14.3 Å². The number of methoxy groups -OCH3 is 1. The molecule has 0 aliphatic heterocycles. The molecule has 0 aromatic heterocycles. The van der Waals surface area contributed by atoms with Crippen molar-refractivity contribution in [1.82, 2.24) is 0 Å². The van der Waals surface area contributed by atoms with Crippen molar-refractivity contribution in [1.29, 1.82) is 0 Å². The second-order valence-electron chi connectivity index (χ2n) is 6.64. The fourth-order valence-electron chi connectivity index (χ4n) is 2.72. The van der Waals surface area contributed by atoms with Crippen LogP contribution in [-0.2, 0) is 11.4 Å². The molecule has 1 aliphatic carbocycles. The summed E-state index contributed by atoms with van der Waals surface area (Å²) in [6, 6.07) is 12.1. The summed E-state index contributed by atoms with van der Waals surface area (Å²) in [5.74, 6) is 2.15. The fourth-order valence-corrected chi connectivity index (χ4v) is 2.72. The number of carbonyl (C=O) groups is 1. The Labute approximate surface area is 149 Å². The maximum Gasteiger partial charge on any atom is 0.158 e. The summed E-state index contributed by atoms with van der Waals surface area (Å²) in [5.41, 5.74) is 4.22. The Bertz CT molecular complexity index is 801. The number of allylic oxidation sites excluding steroid dienone is 1. The van der Waals surface area contributed by atoms with Crippen LogP contribution >= 0.6 is 0 Å². The molecule has 0 saturated heterocycles. The van der Waals surface area contributed by atoms with Crippen molar-refractivity contribution in [3.63, 3.8) is 0 Å². The molecule has 1 saturated carbocycles. The lowest BCUT2D eigenvalue weighted by Crippen LogP contribution is -2.01. The Balaban J connectivity index is 1.75. The highest BCUT2D eigenvalue weighted by molar-refractivity contribution is 5.96. The first-order chi connectivity index (χ1) is 12.1. The number of hydrogen-bond acceptors (Lipinski definition) is 3. The summed E-state index contributed by atoms with van der Waals surface area (Å²) in [6.07, 6.45) is 5.62. The Kier molecular flexibility index (Phi) is 5.22. The molecular formula is C22H24O3. The van der Waals surface area contributed by atoms with E-state index in [1.807, 2.05) is 37.3 Å². The lowest BCUT2D eigenvalue weighted by Gasteiger charge is -2.13. The third-order valence-electron chi connectivity index (χ3n) is 4.45. The predicted molar refractivity (Wildman–Crippen MR) is 100 cm³/mol. The number of rotatable bonds is 7. The van der Waals surface area contributed by atoms with Crippen LogP contribution in [-0.4, -0.2) is 12.9 Å². The second kappa shape index (κ2) is 7.56. The summed E-state index contributed by atoms with van der Waals surface area (Å²) in [6.45, 7) is 4.51. The highest BCUT2D eigenvalue weighted by Gasteiger charge is 2.27. The molecule has 1 fully saturated rings. The highest BCUT2D eigenvalue weighted by Crippen LogP contribution is 2.30. The van der Waals surface area contributed by atoms with E-state index in [1.54, 1.807) is 13.2 Å². The van der Waals surface area contributed by atoms with Crippen LogP contribution in [0.15, 0.2) is 42.5 Å². The molecule has 1 aliphatic rings.